The van der Waals surface area contributed by atoms with Gasteiger partial charge in [-0.2, -0.15) is 0 Å². The molecular formula is C15H21NOS. The molecule has 0 saturated heterocycles. The Morgan fingerprint density at radius 3 is 2.67 bits per heavy atom. The van der Waals surface area contributed by atoms with Gasteiger partial charge in [-0.25, -0.2) is 0 Å². The van der Waals surface area contributed by atoms with Crippen LogP contribution in [0.15, 0.2) is 24.3 Å². The molecule has 0 heterocycles. The van der Waals surface area contributed by atoms with E-state index in [1.165, 1.54) is 25.7 Å². The third kappa shape index (κ3) is 3.70. The molecule has 2 nitrogen and oxygen atoms in total. The fourth-order valence-corrected chi connectivity index (χ4v) is 2.78. The van der Waals surface area contributed by atoms with Crippen LogP contribution in [0.1, 0.15) is 38.2 Å². The lowest BCUT2D eigenvalue weighted by molar-refractivity contribution is 0.182. The zero-order valence-corrected chi connectivity index (χ0v) is 11.7. The molecule has 3 heteroatoms. The molecule has 1 saturated carbocycles. The van der Waals surface area contributed by atoms with E-state index in [-0.39, 0.29) is 0 Å². The van der Waals surface area contributed by atoms with Crippen molar-refractivity contribution in [2.45, 2.75) is 32.6 Å². The molecule has 98 valence electrons. The van der Waals surface area contributed by atoms with Crippen LogP contribution in [0.5, 0.6) is 5.75 Å². The van der Waals surface area contributed by atoms with Crippen LogP contribution in [0, 0.1) is 11.8 Å². The molecule has 1 aliphatic rings. The summed E-state index contributed by atoms with van der Waals surface area (Å²) in [5.74, 6) is 2.47. The minimum atomic E-state index is 0.433. The standard InChI is InChI=1S/C15H21NOS/c1-11-3-2-4-12(9-11)10-17-14-7-5-13(6-8-14)15(16)18/h5-8,11-12H,2-4,9-10H2,1H3,(H2,16,18). The SMILES string of the molecule is CC1CCCC(COc2ccc(C(N)=S)cc2)C1. The third-order valence-corrected chi connectivity index (χ3v) is 3.91. The highest BCUT2D eigenvalue weighted by atomic mass is 32.1. The van der Waals surface area contributed by atoms with Crippen molar-refractivity contribution >= 4 is 17.2 Å². The minimum Gasteiger partial charge on any atom is -0.493 e. The summed E-state index contributed by atoms with van der Waals surface area (Å²) in [5.41, 5.74) is 6.45. The summed E-state index contributed by atoms with van der Waals surface area (Å²) in [6.07, 6.45) is 5.31. The minimum absolute atomic E-state index is 0.433. The fourth-order valence-electron chi connectivity index (χ4n) is 2.64. The third-order valence-electron chi connectivity index (χ3n) is 3.67. The molecule has 0 aliphatic heterocycles. The topological polar surface area (TPSA) is 35.2 Å². The second-order valence-corrected chi connectivity index (χ2v) is 5.78. The maximum absolute atomic E-state index is 5.84. The molecule has 1 aliphatic carbocycles. The predicted octanol–water partition coefficient (Wildman–Crippen LogP) is 3.53. The van der Waals surface area contributed by atoms with E-state index in [0.29, 0.717) is 10.9 Å². The maximum atomic E-state index is 5.84. The summed E-state index contributed by atoms with van der Waals surface area (Å²) < 4.78 is 5.84. The Hall–Kier alpha value is -1.09. The van der Waals surface area contributed by atoms with E-state index in [1.54, 1.807) is 0 Å². The van der Waals surface area contributed by atoms with Gasteiger partial charge in [0.05, 0.1) is 6.61 Å². The van der Waals surface area contributed by atoms with Crippen molar-refractivity contribution in [3.63, 3.8) is 0 Å². The van der Waals surface area contributed by atoms with Crippen molar-refractivity contribution in [1.29, 1.82) is 0 Å². The summed E-state index contributed by atoms with van der Waals surface area (Å²) in [4.78, 5) is 0.433. The van der Waals surface area contributed by atoms with E-state index >= 15 is 0 Å². The number of nitrogens with two attached hydrogens (primary N) is 1. The van der Waals surface area contributed by atoms with E-state index in [1.807, 2.05) is 24.3 Å². The van der Waals surface area contributed by atoms with Gasteiger partial charge in [-0.3, -0.25) is 0 Å². The van der Waals surface area contributed by atoms with Crippen LogP contribution < -0.4 is 10.5 Å². The number of thiocarbonyl (C=S) groups is 1. The van der Waals surface area contributed by atoms with E-state index in [9.17, 15) is 0 Å². The zero-order valence-electron chi connectivity index (χ0n) is 10.9. The molecule has 1 fully saturated rings. The summed E-state index contributed by atoms with van der Waals surface area (Å²) in [7, 11) is 0. The molecule has 1 aromatic carbocycles. The normalized spacial score (nSPS) is 23.6. The Labute approximate surface area is 115 Å². The van der Waals surface area contributed by atoms with E-state index < -0.39 is 0 Å². The van der Waals surface area contributed by atoms with E-state index in [4.69, 9.17) is 22.7 Å². The second kappa shape index (κ2) is 6.19. The molecule has 2 N–H and O–H groups in total. The van der Waals surface area contributed by atoms with E-state index in [2.05, 4.69) is 6.92 Å². The summed E-state index contributed by atoms with van der Waals surface area (Å²) in [6.45, 7) is 3.17. The molecule has 2 unspecified atom stereocenters. The average Bonchev–Trinajstić information content (AvgIpc) is 2.37. The van der Waals surface area contributed by atoms with Crippen LogP contribution in [0.4, 0.5) is 0 Å². The van der Waals surface area contributed by atoms with Crippen LogP contribution >= 0.6 is 12.2 Å². The molecule has 0 amide bonds. The quantitative estimate of drug-likeness (QED) is 0.844. The highest BCUT2D eigenvalue weighted by Crippen LogP contribution is 2.29. The number of hydrogen-bond donors (Lipinski definition) is 1. The monoisotopic (exact) mass is 263 g/mol. The first-order chi connectivity index (χ1) is 8.65. The Balaban J connectivity index is 1.84. The van der Waals surface area contributed by atoms with Gasteiger partial charge in [-0.15, -0.1) is 0 Å². The molecule has 0 spiro atoms. The maximum Gasteiger partial charge on any atom is 0.119 e. The van der Waals surface area contributed by atoms with Gasteiger partial charge >= 0.3 is 0 Å². The van der Waals surface area contributed by atoms with Crippen LogP contribution in [-0.4, -0.2) is 11.6 Å². The van der Waals surface area contributed by atoms with Crippen LogP contribution in [-0.2, 0) is 0 Å². The highest BCUT2D eigenvalue weighted by Gasteiger charge is 2.19. The number of hydrogen-bond acceptors (Lipinski definition) is 2. The van der Waals surface area contributed by atoms with Crippen LogP contribution in [0.2, 0.25) is 0 Å². The smallest absolute Gasteiger partial charge is 0.119 e. The molecule has 0 bridgehead atoms. The number of ether oxygens (including phenoxy) is 1. The van der Waals surface area contributed by atoms with Crippen LogP contribution in [0.3, 0.4) is 0 Å². The first-order valence-corrected chi connectivity index (χ1v) is 7.08. The number of rotatable bonds is 4. The molecule has 2 atom stereocenters. The van der Waals surface area contributed by atoms with Crippen molar-refractivity contribution < 1.29 is 4.74 Å². The lowest BCUT2D eigenvalue weighted by atomic mass is 9.83. The molecule has 18 heavy (non-hydrogen) atoms. The lowest BCUT2D eigenvalue weighted by Gasteiger charge is -2.26. The van der Waals surface area contributed by atoms with Crippen molar-refractivity contribution in [3.8, 4) is 5.75 Å². The summed E-state index contributed by atoms with van der Waals surface area (Å²) in [6, 6.07) is 7.73. The molecule has 0 aromatic heterocycles. The average molecular weight is 263 g/mol. The second-order valence-electron chi connectivity index (χ2n) is 5.34. The van der Waals surface area contributed by atoms with Gasteiger partial charge in [-0.05, 0) is 48.9 Å². The Morgan fingerprint density at radius 2 is 2.06 bits per heavy atom. The zero-order chi connectivity index (χ0) is 13.0. The first-order valence-electron chi connectivity index (χ1n) is 6.68. The summed E-state index contributed by atoms with van der Waals surface area (Å²) in [5, 5.41) is 0. The molecule has 0 radical (unpaired) electrons. The Morgan fingerprint density at radius 1 is 1.33 bits per heavy atom. The number of benzene rings is 1. The van der Waals surface area contributed by atoms with Crippen molar-refractivity contribution in [2.24, 2.45) is 17.6 Å². The Bertz CT molecular complexity index is 401. The van der Waals surface area contributed by atoms with Crippen molar-refractivity contribution in [1.82, 2.24) is 0 Å². The van der Waals surface area contributed by atoms with Gasteiger partial charge in [0.2, 0.25) is 0 Å². The molecule has 1 aromatic rings. The van der Waals surface area contributed by atoms with Crippen molar-refractivity contribution in [3.05, 3.63) is 29.8 Å². The largest absolute Gasteiger partial charge is 0.493 e. The van der Waals surface area contributed by atoms with Gasteiger partial charge in [0, 0.05) is 5.56 Å². The highest BCUT2D eigenvalue weighted by molar-refractivity contribution is 7.80. The van der Waals surface area contributed by atoms with Crippen LogP contribution in [0.25, 0.3) is 0 Å². The van der Waals surface area contributed by atoms with Gasteiger partial charge in [0.15, 0.2) is 0 Å². The van der Waals surface area contributed by atoms with Gasteiger partial charge < -0.3 is 10.5 Å². The molecular weight excluding hydrogens is 242 g/mol. The van der Waals surface area contributed by atoms with Gasteiger partial charge in [-0.1, -0.05) is 32.0 Å². The first kappa shape index (κ1) is 13.3. The van der Waals surface area contributed by atoms with Crippen molar-refractivity contribution in [2.75, 3.05) is 6.61 Å². The summed E-state index contributed by atoms with van der Waals surface area (Å²) >= 11 is 4.92. The Kier molecular flexibility index (Phi) is 4.59. The fraction of sp³-hybridized carbons (Fsp3) is 0.533. The molecule has 2 rings (SSSR count). The van der Waals surface area contributed by atoms with E-state index in [0.717, 1.165) is 23.8 Å². The predicted molar refractivity (Wildman–Crippen MR) is 78.9 cm³/mol. The lowest BCUT2D eigenvalue weighted by Crippen LogP contribution is -2.19. The van der Waals surface area contributed by atoms with Gasteiger partial charge in [0.25, 0.3) is 0 Å². The van der Waals surface area contributed by atoms with Gasteiger partial charge in [0.1, 0.15) is 10.7 Å².